The van der Waals surface area contributed by atoms with Gasteiger partial charge in [0.05, 0.1) is 0 Å². The molecule has 1 unspecified atom stereocenters. The number of fused-ring (bicyclic) bond motifs is 4. The minimum atomic E-state index is 0.901. The number of hydrogen-bond donors (Lipinski definition) is 0. The van der Waals surface area contributed by atoms with Crippen LogP contribution in [0.2, 0.25) is 0 Å². The maximum atomic E-state index is 4.01. The molecular weight excluding hydrogens is 182 g/mol. The van der Waals surface area contributed by atoms with Crippen LogP contribution >= 0.6 is 0 Å². The molecule has 1 fully saturated rings. The van der Waals surface area contributed by atoms with Crippen molar-refractivity contribution in [1.82, 2.24) is 0 Å². The number of rotatable bonds is 1. The van der Waals surface area contributed by atoms with Gasteiger partial charge in [0.2, 0.25) is 0 Å². The lowest BCUT2D eigenvalue weighted by Crippen LogP contribution is -2.25. The number of hydrogen-bond acceptors (Lipinski definition) is 1. The molecule has 1 saturated heterocycles. The van der Waals surface area contributed by atoms with Crippen molar-refractivity contribution in [3.05, 3.63) is 35.9 Å². The predicted octanol–water partition coefficient (Wildman–Crippen LogP) is 3.10. The van der Waals surface area contributed by atoms with Gasteiger partial charge in [-0.3, -0.25) is 0 Å². The zero-order valence-corrected chi connectivity index (χ0v) is 9.29. The first-order valence-electron chi connectivity index (χ1n) is 5.78. The van der Waals surface area contributed by atoms with Crippen LogP contribution in [-0.4, -0.2) is 13.1 Å². The van der Waals surface area contributed by atoms with Crippen molar-refractivity contribution < 1.29 is 0 Å². The third-order valence-electron chi connectivity index (χ3n) is 3.71. The summed E-state index contributed by atoms with van der Waals surface area (Å²) in [5.74, 6) is 0.901. The Kier molecular flexibility index (Phi) is 1.88. The number of anilines is 1. The second kappa shape index (κ2) is 3.13. The maximum Gasteiger partial charge on any atom is 0.0399 e. The maximum absolute atomic E-state index is 4.01. The van der Waals surface area contributed by atoms with Gasteiger partial charge < -0.3 is 4.90 Å². The van der Waals surface area contributed by atoms with Crippen molar-refractivity contribution in [3.63, 3.8) is 0 Å². The molecule has 1 aromatic carbocycles. The van der Waals surface area contributed by atoms with Gasteiger partial charge in [-0.2, -0.15) is 0 Å². The molecule has 0 saturated carbocycles. The molecule has 0 aromatic heterocycles. The minimum absolute atomic E-state index is 0.901. The Bertz CT molecular complexity index is 419. The number of allylic oxidation sites excluding steroid dienone is 1. The van der Waals surface area contributed by atoms with Gasteiger partial charge in [0.15, 0.2) is 0 Å². The van der Waals surface area contributed by atoms with E-state index in [0.717, 1.165) is 5.92 Å². The van der Waals surface area contributed by atoms with Gasteiger partial charge >= 0.3 is 0 Å². The van der Waals surface area contributed by atoms with Gasteiger partial charge in [0.25, 0.3) is 0 Å². The third-order valence-corrected chi connectivity index (χ3v) is 3.71. The van der Waals surface area contributed by atoms with E-state index in [1.54, 1.807) is 0 Å². The third kappa shape index (κ3) is 1.38. The topological polar surface area (TPSA) is 3.24 Å². The standard InChI is InChI=1S/C14H17N/c1-10(2)12-3-4-14-13(8-12)7-11-5-6-15(14)9-11/h3-4,8,11H,1,5-7,9H2,2H3. The molecule has 2 bridgehead atoms. The highest BCUT2D eigenvalue weighted by Crippen LogP contribution is 2.37. The van der Waals surface area contributed by atoms with Crippen molar-refractivity contribution in [2.75, 3.05) is 18.0 Å². The van der Waals surface area contributed by atoms with Crippen LogP contribution in [0.25, 0.3) is 5.57 Å². The summed E-state index contributed by atoms with van der Waals surface area (Å²) < 4.78 is 0. The molecule has 0 spiro atoms. The normalized spacial score (nSPS) is 22.7. The SMILES string of the molecule is C=C(C)c1ccc2c(c1)CC1CCN2C1. The molecule has 78 valence electrons. The van der Waals surface area contributed by atoms with Gasteiger partial charge in [0.1, 0.15) is 0 Å². The molecule has 15 heavy (non-hydrogen) atoms. The highest BCUT2D eigenvalue weighted by molar-refractivity contribution is 5.67. The van der Waals surface area contributed by atoms with Crippen LogP contribution < -0.4 is 4.90 Å². The predicted molar refractivity (Wildman–Crippen MR) is 65.2 cm³/mol. The van der Waals surface area contributed by atoms with Crippen molar-refractivity contribution in [3.8, 4) is 0 Å². The average Bonchev–Trinajstić information content (AvgIpc) is 2.60. The first kappa shape index (κ1) is 9.02. The summed E-state index contributed by atoms with van der Waals surface area (Å²) in [6, 6.07) is 6.82. The summed E-state index contributed by atoms with van der Waals surface area (Å²) in [5, 5.41) is 0. The van der Waals surface area contributed by atoms with Crippen molar-refractivity contribution >= 4 is 11.3 Å². The molecule has 1 atom stereocenters. The van der Waals surface area contributed by atoms with E-state index in [4.69, 9.17) is 0 Å². The van der Waals surface area contributed by atoms with Gasteiger partial charge in [-0.05, 0) is 48.9 Å². The highest BCUT2D eigenvalue weighted by atomic mass is 15.2. The minimum Gasteiger partial charge on any atom is -0.371 e. The molecular formula is C14H17N. The molecule has 2 aliphatic heterocycles. The zero-order valence-electron chi connectivity index (χ0n) is 9.29. The van der Waals surface area contributed by atoms with Gasteiger partial charge in [-0.15, -0.1) is 0 Å². The summed E-state index contributed by atoms with van der Waals surface area (Å²) in [5.41, 5.74) is 5.47. The van der Waals surface area contributed by atoms with E-state index in [1.165, 1.54) is 48.3 Å². The first-order valence-corrected chi connectivity index (χ1v) is 5.78. The lowest BCUT2D eigenvalue weighted by atomic mass is 9.93. The van der Waals surface area contributed by atoms with E-state index in [-0.39, 0.29) is 0 Å². The van der Waals surface area contributed by atoms with Crippen LogP contribution in [0.15, 0.2) is 24.8 Å². The fourth-order valence-corrected chi connectivity index (χ4v) is 2.85. The summed E-state index contributed by atoms with van der Waals surface area (Å²) in [6.07, 6.45) is 2.64. The Balaban J connectivity index is 2.06. The molecule has 1 nitrogen and oxygen atoms in total. The number of nitrogens with zero attached hydrogens (tertiary/aromatic N) is 1. The zero-order chi connectivity index (χ0) is 10.4. The lowest BCUT2D eigenvalue weighted by molar-refractivity contribution is 0.575. The Morgan fingerprint density at radius 3 is 3.13 bits per heavy atom. The summed E-state index contributed by atoms with van der Waals surface area (Å²) in [4.78, 5) is 2.53. The van der Waals surface area contributed by atoms with Crippen molar-refractivity contribution in [1.29, 1.82) is 0 Å². The fraction of sp³-hybridized carbons (Fsp3) is 0.429. The van der Waals surface area contributed by atoms with Crippen LogP contribution in [0.5, 0.6) is 0 Å². The fourth-order valence-electron chi connectivity index (χ4n) is 2.85. The molecule has 2 heterocycles. The second-order valence-corrected chi connectivity index (χ2v) is 4.93. The largest absolute Gasteiger partial charge is 0.371 e. The van der Waals surface area contributed by atoms with Crippen LogP contribution in [-0.2, 0) is 6.42 Å². The first-order chi connectivity index (χ1) is 7.24. The van der Waals surface area contributed by atoms with E-state index in [9.17, 15) is 0 Å². The second-order valence-electron chi connectivity index (χ2n) is 4.93. The quantitative estimate of drug-likeness (QED) is 0.671. The molecule has 3 rings (SSSR count). The summed E-state index contributed by atoms with van der Waals surface area (Å²) >= 11 is 0. The molecule has 2 aliphatic rings. The number of benzene rings is 1. The van der Waals surface area contributed by atoms with Crippen LogP contribution in [0.4, 0.5) is 5.69 Å². The van der Waals surface area contributed by atoms with Crippen LogP contribution in [0, 0.1) is 5.92 Å². The highest BCUT2D eigenvalue weighted by Gasteiger charge is 2.29. The monoisotopic (exact) mass is 199 g/mol. The van der Waals surface area contributed by atoms with Crippen molar-refractivity contribution in [2.45, 2.75) is 19.8 Å². The van der Waals surface area contributed by atoms with E-state index in [2.05, 4.69) is 36.6 Å². The molecule has 1 aromatic rings. The Hall–Kier alpha value is -1.24. The van der Waals surface area contributed by atoms with Gasteiger partial charge in [-0.25, -0.2) is 0 Å². The van der Waals surface area contributed by atoms with Crippen LogP contribution in [0.3, 0.4) is 0 Å². The van der Waals surface area contributed by atoms with E-state index < -0.39 is 0 Å². The molecule has 0 aliphatic carbocycles. The lowest BCUT2D eigenvalue weighted by Gasteiger charge is -2.27. The van der Waals surface area contributed by atoms with Crippen LogP contribution in [0.1, 0.15) is 24.5 Å². The molecule has 0 N–H and O–H groups in total. The molecule has 0 radical (unpaired) electrons. The summed E-state index contributed by atoms with van der Waals surface area (Å²) in [7, 11) is 0. The van der Waals surface area contributed by atoms with E-state index >= 15 is 0 Å². The van der Waals surface area contributed by atoms with Crippen molar-refractivity contribution in [2.24, 2.45) is 5.92 Å². The Morgan fingerprint density at radius 1 is 1.47 bits per heavy atom. The molecule has 0 amide bonds. The average molecular weight is 199 g/mol. The van der Waals surface area contributed by atoms with Gasteiger partial charge in [-0.1, -0.05) is 18.2 Å². The summed E-state index contributed by atoms with van der Waals surface area (Å²) in [6.45, 7) is 8.63. The van der Waals surface area contributed by atoms with Gasteiger partial charge in [0, 0.05) is 18.8 Å². The van der Waals surface area contributed by atoms with E-state index in [0.29, 0.717) is 0 Å². The van der Waals surface area contributed by atoms with E-state index in [1.807, 2.05) is 0 Å². The Morgan fingerprint density at radius 2 is 2.33 bits per heavy atom. The Labute approximate surface area is 91.4 Å². The molecule has 1 heteroatoms. The smallest absolute Gasteiger partial charge is 0.0399 e.